The number of aromatic nitrogens is 4. The minimum atomic E-state index is -0.921. The van der Waals surface area contributed by atoms with Crippen molar-refractivity contribution < 1.29 is 10.2 Å². The van der Waals surface area contributed by atoms with Gasteiger partial charge in [-0.1, -0.05) is 0 Å². The number of nitrogens with two attached hydrogens (primary N) is 1. The van der Waals surface area contributed by atoms with Gasteiger partial charge in [0.05, 0.1) is 18.5 Å². The van der Waals surface area contributed by atoms with E-state index in [-0.39, 0.29) is 23.1 Å². The van der Waals surface area contributed by atoms with E-state index in [4.69, 9.17) is 28.9 Å². The molecular weight excluding hydrogens is 317 g/mol. The standard InChI is InChI=1S/C12H13Cl2N5O2/c13-2-12-1-4(12)6(7(20)8(12)21)19-3-16-5-9(15)17-11(14)18-10(5)19/h3-4,6-8,20-21H,1-2H2,(H2,15,17,18)/t4-,6-,7+,8+,12+/m1/s1. The lowest BCUT2D eigenvalue weighted by atomic mass is 10.0. The summed E-state index contributed by atoms with van der Waals surface area (Å²) in [5.41, 5.74) is 6.27. The lowest BCUT2D eigenvalue weighted by Crippen LogP contribution is -2.34. The molecule has 0 aromatic carbocycles. The van der Waals surface area contributed by atoms with Crippen LogP contribution >= 0.6 is 23.2 Å². The van der Waals surface area contributed by atoms with Crippen molar-refractivity contribution in [3.8, 4) is 0 Å². The van der Waals surface area contributed by atoms with E-state index in [0.29, 0.717) is 17.0 Å². The number of aliphatic hydroxyl groups excluding tert-OH is 2. The highest BCUT2D eigenvalue weighted by atomic mass is 35.5. The molecule has 2 saturated carbocycles. The van der Waals surface area contributed by atoms with Crippen LogP contribution in [0.25, 0.3) is 11.2 Å². The van der Waals surface area contributed by atoms with Gasteiger partial charge in [0.2, 0.25) is 5.28 Å². The summed E-state index contributed by atoms with van der Waals surface area (Å²) in [7, 11) is 0. The first-order valence-corrected chi connectivity index (χ1v) is 7.48. The molecule has 0 saturated heterocycles. The quantitative estimate of drug-likeness (QED) is 0.549. The van der Waals surface area contributed by atoms with Gasteiger partial charge in [0, 0.05) is 11.3 Å². The van der Waals surface area contributed by atoms with E-state index in [1.165, 1.54) is 0 Å². The predicted octanol–water partition coefficient (Wildman–Crippen LogP) is 0.583. The average molecular weight is 330 g/mol. The number of aliphatic hydroxyl groups is 2. The Morgan fingerprint density at radius 3 is 2.86 bits per heavy atom. The maximum atomic E-state index is 10.4. The largest absolute Gasteiger partial charge is 0.390 e. The highest BCUT2D eigenvalue weighted by molar-refractivity contribution is 6.28. The number of fused-ring (bicyclic) bond motifs is 2. The highest BCUT2D eigenvalue weighted by Crippen LogP contribution is 2.68. The first kappa shape index (κ1) is 13.5. The Morgan fingerprint density at radius 2 is 2.19 bits per heavy atom. The number of hydrogen-bond donors (Lipinski definition) is 3. The van der Waals surface area contributed by atoms with E-state index >= 15 is 0 Å². The van der Waals surface area contributed by atoms with Crippen LogP contribution in [0.15, 0.2) is 6.33 Å². The zero-order chi connectivity index (χ0) is 14.9. The van der Waals surface area contributed by atoms with Crippen molar-refractivity contribution in [2.45, 2.75) is 24.7 Å². The fourth-order valence-corrected chi connectivity index (χ4v) is 4.27. The van der Waals surface area contributed by atoms with Gasteiger partial charge in [0.1, 0.15) is 11.6 Å². The third kappa shape index (κ3) is 1.60. The van der Waals surface area contributed by atoms with Gasteiger partial charge in [-0.2, -0.15) is 9.97 Å². The number of nitrogen functional groups attached to an aromatic ring is 1. The number of nitrogens with zero attached hydrogens (tertiary/aromatic N) is 4. The van der Waals surface area contributed by atoms with E-state index in [0.717, 1.165) is 6.42 Å². The molecule has 0 bridgehead atoms. The minimum Gasteiger partial charge on any atom is -0.390 e. The Morgan fingerprint density at radius 1 is 1.43 bits per heavy atom. The predicted molar refractivity (Wildman–Crippen MR) is 77.1 cm³/mol. The monoisotopic (exact) mass is 329 g/mol. The van der Waals surface area contributed by atoms with Gasteiger partial charge in [-0.25, -0.2) is 4.98 Å². The molecule has 9 heteroatoms. The molecule has 0 spiro atoms. The summed E-state index contributed by atoms with van der Waals surface area (Å²) in [5, 5.41) is 20.6. The zero-order valence-corrected chi connectivity index (χ0v) is 12.3. The van der Waals surface area contributed by atoms with Crippen molar-refractivity contribution in [3.05, 3.63) is 11.6 Å². The topological polar surface area (TPSA) is 110 Å². The molecule has 0 aliphatic heterocycles. The lowest BCUT2D eigenvalue weighted by molar-refractivity contribution is -0.0129. The van der Waals surface area contributed by atoms with Crippen LogP contribution in [0.5, 0.6) is 0 Å². The minimum absolute atomic E-state index is 0.0224. The molecule has 112 valence electrons. The Kier molecular flexibility index (Phi) is 2.70. The highest BCUT2D eigenvalue weighted by Gasteiger charge is 2.71. The smallest absolute Gasteiger partial charge is 0.226 e. The van der Waals surface area contributed by atoms with Crippen molar-refractivity contribution in [2.75, 3.05) is 11.6 Å². The number of rotatable bonds is 2. The Balaban J connectivity index is 1.85. The summed E-state index contributed by atoms with van der Waals surface area (Å²) in [6, 6.07) is -0.339. The Hall–Kier alpha value is -1.15. The van der Waals surface area contributed by atoms with Crippen LogP contribution in [0.1, 0.15) is 12.5 Å². The van der Waals surface area contributed by atoms with Gasteiger partial charge in [-0.15, -0.1) is 11.6 Å². The molecule has 2 fully saturated rings. The van der Waals surface area contributed by atoms with Gasteiger partial charge in [-0.3, -0.25) is 0 Å². The zero-order valence-electron chi connectivity index (χ0n) is 10.8. The van der Waals surface area contributed by atoms with Crippen LogP contribution in [-0.4, -0.2) is 47.8 Å². The SMILES string of the molecule is Nc1nc(Cl)nc2c1ncn2[C@H]1[C@H](O)[C@H](O)[C@]2(CCl)C[C@H]12. The van der Waals surface area contributed by atoms with Crippen LogP contribution in [0.2, 0.25) is 5.28 Å². The number of hydrogen-bond acceptors (Lipinski definition) is 6. The van der Waals surface area contributed by atoms with Gasteiger partial charge < -0.3 is 20.5 Å². The van der Waals surface area contributed by atoms with Gasteiger partial charge in [0.25, 0.3) is 0 Å². The molecule has 5 atom stereocenters. The number of halogens is 2. The molecule has 2 aromatic heterocycles. The number of imidazole rings is 1. The van der Waals surface area contributed by atoms with E-state index < -0.39 is 17.6 Å². The van der Waals surface area contributed by atoms with E-state index in [2.05, 4.69) is 15.0 Å². The molecule has 2 heterocycles. The molecule has 2 aliphatic rings. The molecule has 4 rings (SSSR count). The summed E-state index contributed by atoms with van der Waals surface area (Å²) < 4.78 is 1.72. The Bertz CT molecular complexity index is 738. The third-order valence-electron chi connectivity index (χ3n) is 4.84. The number of alkyl halides is 1. The van der Waals surface area contributed by atoms with E-state index in [1.807, 2.05) is 0 Å². The average Bonchev–Trinajstić information content (AvgIpc) is 2.97. The maximum Gasteiger partial charge on any atom is 0.226 e. The molecule has 2 aromatic rings. The molecular formula is C12H13Cl2N5O2. The summed E-state index contributed by atoms with van der Waals surface area (Å²) in [5.74, 6) is 0.597. The molecule has 21 heavy (non-hydrogen) atoms. The van der Waals surface area contributed by atoms with Crippen molar-refractivity contribution in [1.82, 2.24) is 19.5 Å². The van der Waals surface area contributed by atoms with Crippen LogP contribution in [0.4, 0.5) is 5.82 Å². The van der Waals surface area contributed by atoms with Gasteiger partial charge in [-0.05, 0) is 23.9 Å². The molecule has 2 aliphatic carbocycles. The fourth-order valence-electron chi connectivity index (χ4n) is 3.64. The van der Waals surface area contributed by atoms with E-state index in [9.17, 15) is 10.2 Å². The summed E-state index contributed by atoms with van der Waals surface area (Å²) in [6.07, 6.45) is 0.551. The van der Waals surface area contributed by atoms with Crippen molar-refractivity contribution in [2.24, 2.45) is 11.3 Å². The van der Waals surface area contributed by atoms with Crippen LogP contribution in [-0.2, 0) is 0 Å². The summed E-state index contributed by atoms with van der Waals surface area (Å²) in [6.45, 7) is 0. The van der Waals surface area contributed by atoms with Gasteiger partial charge >= 0.3 is 0 Å². The van der Waals surface area contributed by atoms with Crippen molar-refractivity contribution in [3.63, 3.8) is 0 Å². The molecule has 0 amide bonds. The number of anilines is 1. The van der Waals surface area contributed by atoms with Crippen molar-refractivity contribution >= 4 is 40.2 Å². The second-order valence-corrected chi connectivity index (χ2v) is 6.41. The Labute approximate surface area is 129 Å². The maximum absolute atomic E-state index is 10.4. The second kappa shape index (κ2) is 4.19. The second-order valence-electron chi connectivity index (χ2n) is 5.81. The summed E-state index contributed by atoms with van der Waals surface area (Å²) in [4.78, 5) is 12.2. The van der Waals surface area contributed by atoms with Crippen LogP contribution in [0.3, 0.4) is 0 Å². The lowest BCUT2D eigenvalue weighted by Gasteiger charge is -2.23. The van der Waals surface area contributed by atoms with Crippen molar-refractivity contribution in [1.29, 1.82) is 0 Å². The molecule has 0 unspecified atom stereocenters. The summed E-state index contributed by atoms with van der Waals surface area (Å²) >= 11 is 11.8. The molecule has 4 N–H and O–H groups in total. The fraction of sp³-hybridized carbons (Fsp3) is 0.583. The van der Waals surface area contributed by atoms with Gasteiger partial charge in [0.15, 0.2) is 11.5 Å². The van der Waals surface area contributed by atoms with E-state index in [1.54, 1.807) is 10.9 Å². The van der Waals surface area contributed by atoms with Crippen LogP contribution in [0, 0.1) is 11.3 Å². The molecule has 7 nitrogen and oxygen atoms in total. The third-order valence-corrected chi connectivity index (χ3v) is 5.51. The van der Waals surface area contributed by atoms with Crippen LogP contribution < -0.4 is 5.73 Å². The first-order valence-electron chi connectivity index (χ1n) is 6.57. The first-order chi connectivity index (χ1) is 9.99. The normalized spacial score (nSPS) is 37.9. The molecule has 0 radical (unpaired) electrons.